The van der Waals surface area contributed by atoms with Crippen LogP contribution in [0.4, 0.5) is 11.4 Å². The molecule has 1 saturated heterocycles. The fraction of sp³-hybridized carbons (Fsp3) is 0.355. The fourth-order valence-corrected chi connectivity index (χ4v) is 4.98. The van der Waals surface area contributed by atoms with E-state index in [1.807, 2.05) is 36.4 Å². The van der Waals surface area contributed by atoms with Crippen LogP contribution >= 0.6 is 0 Å². The summed E-state index contributed by atoms with van der Waals surface area (Å²) in [4.78, 5) is 36.7. The molecule has 1 aromatic heterocycles. The number of likely N-dealkylation sites (N-methyl/N-ethyl adjacent to an activating group) is 1. The summed E-state index contributed by atoms with van der Waals surface area (Å²) in [6, 6.07) is 12.0. The monoisotopic (exact) mass is 566 g/mol. The lowest BCUT2D eigenvalue weighted by Gasteiger charge is -2.32. The number of hydrogen-bond acceptors (Lipinski definition) is 8. The van der Waals surface area contributed by atoms with Crippen LogP contribution in [0.1, 0.15) is 28.7 Å². The fourth-order valence-electron chi connectivity index (χ4n) is 4.98. The van der Waals surface area contributed by atoms with Crippen LogP contribution in [0.25, 0.3) is 0 Å². The Morgan fingerprint density at radius 3 is 2.64 bits per heavy atom. The summed E-state index contributed by atoms with van der Waals surface area (Å²) in [7, 11) is 1.66. The first-order valence-corrected chi connectivity index (χ1v) is 13.8. The molecule has 11 nitrogen and oxygen atoms in total. The quantitative estimate of drug-likeness (QED) is 0.336. The number of nitrogens with zero attached hydrogens (tertiary/aromatic N) is 6. The summed E-state index contributed by atoms with van der Waals surface area (Å²) >= 11 is 0. The van der Waals surface area contributed by atoms with Crippen LogP contribution in [-0.2, 0) is 11.3 Å². The van der Waals surface area contributed by atoms with Gasteiger partial charge >= 0.3 is 0 Å². The highest BCUT2D eigenvalue weighted by Gasteiger charge is 2.36. The lowest BCUT2D eigenvalue weighted by atomic mass is 10.1. The van der Waals surface area contributed by atoms with Gasteiger partial charge < -0.3 is 20.7 Å². The van der Waals surface area contributed by atoms with Gasteiger partial charge in [0.1, 0.15) is 24.2 Å². The van der Waals surface area contributed by atoms with Crippen molar-refractivity contribution in [1.82, 2.24) is 29.9 Å². The van der Waals surface area contributed by atoms with Gasteiger partial charge in [-0.25, -0.2) is 9.67 Å². The number of nitrogens with two attached hydrogens (primary N) is 1. The zero-order chi connectivity index (χ0) is 29.6. The third-order valence-electron chi connectivity index (χ3n) is 7.34. The maximum absolute atomic E-state index is 13.5. The number of aromatic nitrogens is 3. The molecule has 0 aliphatic carbocycles. The molecule has 2 aliphatic heterocycles. The van der Waals surface area contributed by atoms with Gasteiger partial charge in [-0.15, -0.1) is 11.5 Å². The number of nitrogens with one attached hydrogen (secondary N) is 1. The van der Waals surface area contributed by atoms with Gasteiger partial charge in [-0.2, -0.15) is 0 Å². The summed E-state index contributed by atoms with van der Waals surface area (Å²) in [6.07, 6.45) is 6.25. The van der Waals surface area contributed by atoms with Gasteiger partial charge in [-0.3, -0.25) is 19.4 Å². The van der Waals surface area contributed by atoms with Gasteiger partial charge in [0.25, 0.3) is 11.8 Å². The largest absolute Gasteiger partial charge is 0.486 e. The molecule has 0 radical (unpaired) electrons. The number of terminal acetylenes is 1. The Balaban J connectivity index is 1.22. The van der Waals surface area contributed by atoms with Crippen molar-refractivity contribution in [1.29, 1.82) is 0 Å². The molecule has 5 rings (SSSR count). The average Bonchev–Trinajstić information content (AvgIpc) is 3.42. The number of carbonyl (C=O) groups excluding carboxylic acids is 2. The molecule has 0 bridgehead atoms. The Labute approximate surface area is 245 Å². The van der Waals surface area contributed by atoms with Crippen molar-refractivity contribution in [3.05, 3.63) is 65.7 Å². The smallest absolute Gasteiger partial charge is 0.291 e. The highest BCUT2D eigenvalue weighted by atomic mass is 16.5. The maximum atomic E-state index is 13.5. The lowest BCUT2D eigenvalue weighted by Crippen LogP contribution is -2.53. The van der Waals surface area contributed by atoms with E-state index >= 15 is 0 Å². The van der Waals surface area contributed by atoms with E-state index < -0.39 is 18.1 Å². The van der Waals surface area contributed by atoms with E-state index in [0.29, 0.717) is 36.8 Å². The number of fused-ring (bicyclic) bond motifs is 1. The number of hydrogen-bond donors (Lipinski definition) is 2. The molecule has 2 atom stereocenters. The van der Waals surface area contributed by atoms with Crippen molar-refractivity contribution < 1.29 is 14.3 Å². The molecule has 2 aromatic carbocycles. The summed E-state index contributed by atoms with van der Waals surface area (Å²) in [6.45, 7) is 7.20. The number of nitrogen functional groups attached to an aromatic ring is 1. The lowest BCUT2D eigenvalue weighted by molar-refractivity contribution is -0.121. The molecule has 3 heterocycles. The minimum absolute atomic E-state index is 0.0432. The molecule has 2 amide bonds. The Hall–Kier alpha value is -4.84. The molecule has 2 aliphatic rings. The average molecular weight is 567 g/mol. The predicted octanol–water partition coefficient (Wildman–Crippen LogP) is 1.05. The molecule has 3 aromatic rings. The van der Waals surface area contributed by atoms with E-state index in [1.165, 1.54) is 11.2 Å². The van der Waals surface area contributed by atoms with Crippen LogP contribution < -0.4 is 20.7 Å². The Kier molecular flexibility index (Phi) is 8.72. The number of ether oxygens (including phenoxy) is 1. The second kappa shape index (κ2) is 12.8. The minimum atomic E-state index is -0.946. The van der Waals surface area contributed by atoms with E-state index in [4.69, 9.17) is 16.9 Å². The summed E-state index contributed by atoms with van der Waals surface area (Å²) in [5.74, 6) is 8.75. The normalized spacial score (nSPS) is 19.1. The van der Waals surface area contributed by atoms with Crippen LogP contribution in [-0.4, -0.2) is 94.8 Å². The zero-order valence-corrected chi connectivity index (χ0v) is 23.8. The van der Waals surface area contributed by atoms with Gasteiger partial charge in [0.2, 0.25) is 5.82 Å². The predicted molar refractivity (Wildman–Crippen MR) is 160 cm³/mol. The first kappa shape index (κ1) is 28.7. The Bertz CT molecular complexity index is 1560. The van der Waals surface area contributed by atoms with Crippen molar-refractivity contribution >= 4 is 23.2 Å². The highest BCUT2D eigenvalue weighted by molar-refractivity contribution is 6.02. The van der Waals surface area contributed by atoms with E-state index in [2.05, 4.69) is 43.0 Å². The van der Waals surface area contributed by atoms with E-state index in [9.17, 15) is 9.59 Å². The van der Waals surface area contributed by atoms with Crippen LogP contribution in [0.15, 0.2) is 48.8 Å². The second-order valence-corrected chi connectivity index (χ2v) is 10.4. The van der Waals surface area contributed by atoms with Crippen molar-refractivity contribution in [2.75, 3.05) is 56.9 Å². The van der Waals surface area contributed by atoms with Gasteiger partial charge in [0.15, 0.2) is 0 Å². The third kappa shape index (κ3) is 6.72. The number of carbonyl (C=O) groups is 2. The molecule has 0 unspecified atom stereocenters. The SMILES string of the molecule is C#CCN1CCN(CC#Cc2ccc3c(c2)N(C)C(=O)[C@@H](NC(=O)c2ncn(Cc4cccc(N)c4)n2)[C@@H](C)O3)CC1. The van der Waals surface area contributed by atoms with Crippen LogP contribution in [0.2, 0.25) is 0 Å². The van der Waals surface area contributed by atoms with Crippen LogP contribution in [0.5, 0.6) is 5.75 Å². The number of piperazine rings is 1. The highest BCUT2D eigenvalue weighted by Crippen LogP contribution is 2.33. The summed E-state index contributed by atoms with van der Waals surface area (Å²) in [5.41, 5.74) is 8.77. The number of anilines is 2. The van der Waals surface area contributed by atoms with E-state index in [0.717, 1.165) is 37.3 Å². The first-order valence-electron chi connectivity index (χ1n) is 13.8. The standard InChI is InChI=1S/C31H34N8O3/c1-4-12-37-14-16-38(17-15-37)13-6-8-23-10-11-27-26(19-23)36(3)31(41)28(22(2)42-27)34-30(40)29-33-21-39(35-29)20-24-7-5-9-25(32)18-24/h1,5,7,9-11,18-19,21-22,28H,12-17,20,32H2,2-3H3,(H,34,40)/t22-,28+/m1/s1. The second-order valence-electron chi connectivity index (χ2n) is 10.4. The number of benzene rings is 2. The molecule has 216 valence electrons. The van der Waals surface area contributed by atoms with Crippen molar-refractivity contribution in [2.24, 2.45) is 0 Å². The zero-order valence-electron chi connectivity index (χ0n) is 23.8. The van der Waals surface area contributed by atoms with Crippen molar-refractivity contribution in [2.45, 2.75) is 25.6 Å². The molecule has 3 N–H and O–H groups in total. The first-order chi connectivity index (χ1) is 20.3. The third-order valence-corrected chi connectivity index (χ3v) is 7.34. The minimum Gasteiger partial charge on any atom is -0.486 e. The summed E-state index contributed by atoms with van der Waals surface area (Å²) in [5, 5.41) is 7.04. The Morgan fingerprint density at radius 1 is 1.14 bits per heavy atom. The molecule has 1 fully saturated rings. The van der Waals surface area contributed by atoms with E-state index in [-0.39, 0.29) is 11.7 Å². The van der Waals surface area contributed by atoms with E-state index in [1.54, 1.807) is 24.7 Å². The molecule has 0 spiro atoms. The van der Waals surface area contributed by atoms with Gasteiger partial charge in [0, 0.05) is 44.5 Å². The van der Waals surface area contributed by atoms with Gasteiger partial charge in [0.05, 0.1) is 25.3 Å². The summed E-state index contributed by atoms with van der Waals surface area (Å²) < 4.78 is 7.66. The molecular formula is C31H34N8O3. The molecule has 0 saturated carbocycles. The van der Waals surface area contributed by atoms with Crippen LogP contribution in [0.3, 0.4) is 0 Å². The molecule has 42 heavy (non-hydrogen) atoms. The van der Waals surface area contributed by atoms with Gasteiger partial charge in [-0.05, 0) is 42.8 Å². The van der Waals surface area contributed by atoms with Crippen molar-refractivity contribution in [3.63, 3.8) is 0 Å². The number of rotatable bonds is 6. The molecule has 11 heteroatoms. The maximum Gasteiger partial charge on any atom is 0.291 e. The Morgan fingerprint density at radius 2 is 1.90 bits per heavy atom. The van der Waals surface area contributed by atoms with Crippen molar-refractivity contribution in [3.8, 4) is 29.9 Å². The van der Waals surface area contributed by atoms with Crippen LogP contribution in [0, 0.1) is 24.2 Å². The molecular weight excluding hydrogens is 532 g/mol. The number of amides is 2. The topological polar surface area (TPSA) is 122 Å². The van der Waals surface area contributed by atoms with Gasteiger partial charge in [-0.1, -0.05) is 29.9 Å².